The quantitative estimate of drug-likeness (QED) is 0.689. The molecule has 2 unspecified atom stereocenters. The van der Waals surface area contributed by atoms with Crippen LogP contribution in [-0.2, 0) is 9.84 Å². The maximum atomic E-state index is 11.4. The summed E-state index contributed by atoms with van der Waals surface area (Å²) in [5.41, 5.74) is 0. The van der Waals surface area contributed by atoms with Crippen LogP contribution < -0.4 is 5.32 Å². The molecule has 0 aliphatic carbocycles. The average molecular weight is 244 g/mol. The number of likely N-dealkylation sites (tertiary alicyclic amines) is 1. The van der Waals surface area contributed by atoms with Crippen LogP contribution in [0.1, 0.15) is 12.8 Å². The lowest BCUT2D eigenvalue weighted by Gasteiger charge is -2.31. The molecular weight excluding hydrogens is 224 g/mol. The van der Waals surface area contributed by atoms with Gasteiger partial charge in [0.2, 0.25) is 0 Å². The van der Waals surface area contributed by atoms with E-state index in [0.717, 1.165) is 37.8 Å². The summed E-state index contributed by atoms with van der Waals surface area (Å²) in [5, 5.41) is 3.44. The Morgan fingerprint density at radius 2 is 1.56 bits per heavy atom. The van der Waals surface area contributed by atoms with Crippen molar-refractivity contribution < 1.29 is 8.42 Å². The zero-order chi connectivity index (χ0) is 11.2. The second-order valence-corrected chi connectivity index (χ2v) is 7.82. The Morgan fingerprint density at radius 1 is 1.00 bits per heavy atom. The first kappa shape index (κ1) is 11.0. The molecule has 0 aromatic heterocycles. The molecular formula is C11H20N2O2S. The SMILES string of the molecule is O=S1(=O)CCC(N2CC3CNCC3C2)CC1. The Balaban J connectivity index is 1.60. The Labute approximate surface area is 97.3 Å². The fourth-order valence-electron chi connectivity index (χ4n) is 3.43. The minimum atomic E-state index is -2.70. The topological polar surface area (TPSA) is 49.4 Å². The molecule has 16 heavy (non-hydrogen) atoms. The van der Waals surface area contributed by atoms with Crippen molar-refractivity contribution in [3.05, 3.63) is 0 Å². The van der Waals surface area contributed by atoms with Gasteiger partial charge >= 0.3 is 0 Å². The van der Waals surface area contributed by atoms with Crippen molar-refractivity contribution in [2.24, 2.45) is 11.8 Å². The first-order chi connectivity index (χ1) is 7.64. The predicted molar refractivity (Wildman–Crippen MR) is 63.1 cm³/mol. The maximum Gasteiger partial charge on any atom is 0.150 e. The molecule has 0 aromatic rings. The molecule has 0 saturated carbocycles. The van der Waals surface area contributed by atoms with Crippen molar-refractivity contribution in [3.63, 3.8) is 0 Å². The van der Waals surface area contributed by atoms with E-state index in [1.54, 1.807) is 0 Å². The molecule has 0 aromatic carbocycles. The molecule has 3 fully saturated rings. The monoisotopic (exact) mass is 244 g/mol. The Kier molecular flexibility index (Phi) is 2.72. The van der Waals surface area contributed by atoms with E-state index in [2.05, 4.69) is 10.2 Å². The molecule has 5 heteroatoms. The highest BCUT2D eigenvalue weighted by molar-refractivity contribution is 7.91. The molecule has 3 saturated heterocycles. The fourth-order valence-corrected chi connectivity index (χ4v) is 4.90. The highest BCUT2D eigenvalue weighted by Crippen LogP contribution is 2.30. The van der Waals surface area contributed by atoms with E-state index in [1.165, 1.54) is 13.1 Å². The van der Waals surface area contributed by atoms with Crippen LogP contribution in [0.4, 0.5) is 0 Å². The molecule has 4 nitrogen and oxygen atoms in total. The van der Waals surface area contributed by atoms with E-state index in [9.17, 15) is 8.42 Å². The summed E-state index contributed by atoms with van der Waals surface area (Å²) < 4.78 is 22.8. The molecule has 92 valence electrons. The molecule has 3 aliphatic rings. The molecule has 0 amide bonds. The molecule has 3 rings (SSSR count). The van der Waals surface area contributed by atoms with Gasteiger partial charge in [-0.1, -0.05) is 0 Å². The van der Waals surface area contributed by atoms with Crippen molar-refractivity contribution >= 4 is 9.84 Å². The summed E-state index contributed by atoms with van der Waals surface area (Å²) >= 11 is 0. The van der Waals surface area contributed by atoms with Gasteiger partial charge in [0.25, 0.3) is 0 Å². The van der Waals surface area contributed by atoms with Gasteiger partial charge in [-0.3, -0.25) is 4.90 Å². The van der Waals surface area contributed by atoms with Crippen LogP contribution in [0, 0.1) is 11.8 Å². The molecule has 0 radical (unpaired) electrons. The van der Waals surface area contributed by atoms with Gasteiger partial charge in [-0.15, -0.1) is 0 Å². The van der Waals surface area contributed by atoms with Gasteiger partial charge in [-0.25, -0.2) is 8.42 Å². The van der Waals surface area contributed by atoms with E-state index >= 15 is 0 Å². The maximum absolute atomic E-state index is 11.4. The van der Waals surface area contributed by atoms with Crippen LogP contribution in [0.5, 0.6) is 0 Å². The van der Waals surface area contributed by atoms with Gasteiger partial charge in [0.15, 0.2) is 0 Å². The average Bonchev–Trinajstić information content (AvgIpc) is 2.77. The van der Waals surface area contributed by atoms with Gasteiger partial charge in [-0.2, -0.15) is 0 Å². The summed E-state index contributed by atoms with van der Waals surface area (Å²) in [6.07, 6.45) is 1.71. The lowest BCUT2D eigenvalue weighted by atomic mass is 10.0. The van der Waals surface area contributed by atoms with Gasteiger partial charge in [0, 0.05) is 19.1 Å². The third-order valence-corrected chi connectivity index (χ3v) is 6.17. The van der Waals surface area contributed by atoms with E-state index in [1.807, 2.05) is 0 Å². The molecule has 0 bridgehead atoms. The zero-order valence-electron chi connectivity index (χ0n) is 9.56. The number of hydrogen-bond acceptors (Lipinski definition) is 4. The van der Waals surface area contributed by atoms with Crippen molar-refractivity contribution in [2.75, 3.05) is 37.7 Å². The first-order valence-corrected chi connectivity index (χ1v) is 8.11. The first-order valence-electron chi connectivity index (χ1n) is 6.29. The number of rotatable bonds is 1. The molecule has 1 N–H and O–H groups in total. The van der Waals surface area contributed by atoms with Crippen LogP contribution in [0.2, 0.25) is 0 Å². The van der Waals surface area contributed by atoms with Crippen LogP contribution >= 0.6 is 0 Å². The Hall–Kier alpha value is -0.130. The Morgan fingerprint density at radius 3 is 2.12 bits per heavy atom. The van der Waals surface area contributed by atoms with E-state index in [4.69, 9.17) is 0 Å². The smallest absolute Gasteiger partial charge is 0.150 e. The lowest BCUT2D eigenvalue weighted by molar-refractivity contribution is 0.211. The highest BCUT2D eigenvalue weighted by atomic mass is 32.2. The van der Waals surface area contributed by atoms with Crippen LogP contribution in [0.3, 0.4) is 0 Å². The minimum Gasteiger partial charge on any atom is -0.316 e. The zero-order valence-corrected chi connectivity index (χ0v) is 10.4. The summed E-state index contributed by atoms with van der Waals surface area (Å²) in [5.74, 6) is 2.45. The van der Waals surface area contributed by atoms with Gasteiger partial charge in [0.05, 0.1) is 11.5 Å². The Bertz CT molecular complexity index is 342. The van der Waals surface area contributed by atoms with E-state index in [0.29, 0.717) is 17.5 Å². The predicted octanol–water partition coefficient (Wildman–Crippen LogP) is -0.285. The molecule has 3 aliphatic heterocycles. The van der Waals surface area contributed by atoms with Crippen molar-refractivity contribution in [1.29, 1.82) is 0 Å². The summed E-state index contributed by atoms with van der Waals surface area (Å²) in [6, 6.07) is 0.536. The number of hydrogen-bond donors (Lipinski definition) is 1. The van der Waals surface area contributed by atoms with Gasteiger partial charge in [0.1, 0.15) is 9.84 Å². The summed E-state index contributed by atoms with van der Waals surface area (Å²) in [7, 11) is -2.70. The van der Waals surface area contributed by atoms with Crippen LogP contribution in [0.15, 0.2) is 0 Å². The lowest BCUT2D eigenvalue weighted by Crippen LogP contribution is -2.41. The van der Waals surface area contributed by atoms with Crippen molar-refractivity contribution in [3.8, 4) is 0 Å². The van der Waals surface area contributed by atoms with Crippen LogP contribution in [0.25, 0.3) is 0 Å². The summed E-state index contributed by atoms with van der Waals surface area (Å²) in [4.78, 5) is 2.55. The standard InChI is InChI=1S/C11H20N2O2S/c14-16(15)3-1-11(2-4-16)13-7-9-5-12-6-10(9)8-13/h9-12H,1-8H2. The number of sulfone groups is 1. The number of nitrogens with zero attached hydrogens (tertiary/aromatic N) is 1. The van der Waals surface area contributed by atoms with E-state index < -0.39 is 9.84 Å². The third kappa shape index (κ3) is 2.00. The third-order valence-electron chi connectivity index (χ3n) is 4.46. The van der Waals surface area contributed by atoms with Crippen molar-refractivity contribution in [2.45, 2.75) is 18.9 Å². The molecule has 3 heterocycles. The van der Waals surface area contributed by atoms with Crippen LogP contribution in [-0.4, -0.2) is 57.0 Å². The number of fused-ring (bicyclic) bond motifs is 1. The van der Waals surface area contributed by atoms with Gasteiger partial charge < -0.3 is 5.32 Å². The molecule has 0 spiro atoms. The molecule has 2 atom stereocenters. The fraction of sp³-hybridized carbons (Fsp3) is 1.00. The second-order valence-electron chi connectivity index (χ2n) is 5.52. The highest BCUT2D eigenvalue weighted by Gasteiger charge is 2.39. The normalized spacial score (nSPS) is 40.0. The van der Waals surface area contributed by atoms with E-state index in [-0.39, 0.29) is 0 Å². The number of nitrogens with one attached hydrogen (secondary N) is 1. The minimum absolute atomic E-state index is 0.405. The van der Waals surface area contributed by atoms with Gasteiger partial charge in [-0.05, 0) is 37.8 Å². The van der Waals surface area contributed by atoms with Crippen molar-refractivity contribution in [1.82, 2.24) is 10.2 Å². The summed E-state index contributed by atoms with van der Waals surface area (Å²) in [6.45, 7) is 4.68. The second kappa shape index (κ2) is 3.96. The largest absolute Gasteiger partial charge is 0.316 e.